The number of hydrogen-bond acceptors (Lipinski definition) is 3. The fourth-order valence-corrected chi connectivity index (χ4v) is 1.79. The van der Waals surface area contributed by atoms with Crippen LogP contribution < -0.4 is 10.1 Å². The Morgan fingerprint density at radius 2 is 2.14 bits per heavy atom. The molecule has 2 N–H and O–H groups in total. The van der Waals surface area contributed by atoms with Crippen molar-refractivity contribution in [3.63, 3.8) is 0 Å². The van der Waals surface area contributed by atoms with Gasteiger partial charge in [0.25, 0.3) is 0 Å². The van der Waals surface area contributed by atoms with Crippen molar-refractivity contribution < 1.29 is 4.74 Å². The Labute approximate surface area is 88.5 Å². The minimum Gasteiger partial charge on any atom is -0.490 e. The largest absolute Gasteiger partial charge is 0.490 e. The van der Waals surface area contributed by atoms with E-state index < -0.39 is 0 Å². The van der Waals surface area contributed by atoms with Crippen LogP contribution in [0.3, 0.4) is 0 Å². The van der Waals surface area contributed by atoms with Gasteiger partial charge in [0.1, 0.15) is 16.5 Å². The average molecular weight is 210 g/mol. The standard InChI is InChI=1S/C10H14N2OS/c14-10-7-9(3-6-12-10)13-8-1-4-11-5-2-8/h3,6-8,11H,1-2,4-5H2,(H,12,14). The van der Waals surface area contributed by atoms with Crippen LogP contribution in [0.25, 0.3) is 0 Å². The zero-order valence-corrected chi connectivity index (χ0v) is 8.77. The average Bonchev–Trinajstić information content (AvgIpc) is 2.19. The van der Waals surface area contributed by atoms with Crippen LogP contribution in [0.2, 0.25) is 0 Å². The molecule has 1 aromatic heterocycles. The van der Waals surface area contributed by atoms with Gasteiger partial charge in [0.15, 0.2) is 0 Å². The highest BCUT2D eigenvalue weighted by Gasteiger charge is 2.13. The molecule has 1 saturated heterocycles. The third-order valence-corrected chi connectivity index (χ3v) is 2.57. The Hall–Kier alpha value is -0.870. The Morgan fingerprint density at radius 1 is 1.36 bits per heavy atom. The lowest BCUT2D eigenvalue weighted by atomic mass is 10.1. The molecule has 1 aliphatic rings. The first kappa shape index (κ1) is 9.68. The fraction of sp³-hybridized carbons (Fsp3) is 0.500. The number of rotatable bonds is 2. The van der Waals surface area contributed by atoms with Gasteiger partial charge in [-0.05, 0) is 32.0 Å². The molecule has 0 aromatic carbocycles. The van der Waals surface area contributed by atoms with Crippen molar-refractivity contribution in [1.29, 1.82) is 0 Å². The van der Waals surface area contributed by atoms with E-state index in [2.05, 4.69) is 10.3 Å². The molecule has 2 heterocycles. The summed E-state index contributed by atoms with van der Waals surface area (Å²) in [6.45, 7) is 2.09. The summed E-state index contributed by atoms with van der Waals surface area (Å²) in [7, 11) is 0. The van der Waals surface area contributed by atoms with Crippen molar-refractivity contribution in [2.45, 2.75) is 18.9 Å². The van der Waals surface area contributed by atoms with Gasteiger partial charge in [-0.3, -0.25) is 0 Å². The van der Waals surface area contributed by atoms with E-state index in [4.69, 9.17) is 17.0 Å². The monoisotopic (exact) mass is 210 g/mol. The van der Waals surface area contributed by atoms with Crippen LogP contribution in [-0.4, -0.2) is 24.2 Å². The molecule has 0 unspecified atom stereocenters. The quantitative estimate of drug-likeness (QED) is 0.732. The second kappa shape index (κ2) is 4.57. The zero-order chi connectivity index (χ0) is 9.80. The first-order valence-electron chi connectivity index (χ1n) is 4.91. The molecule has 1 fully saturated rings. The van der Waals surface area contributed by atoms with E-state index in [-0.39, 0.29) is 0 Å². The van der Waals surface area contributed by atoms with Crippen molar-refractivity contribution in [2.75, 3.05) is 13.1 Å². The Morgan fingerprint density at radius 3 is 2.86 bits per heavy atom. The molecular weight excluding hydrogens is 196 g/mol. The number of hydrogen-bond donors (Lipinski definition) is 2. The third-order valence-electron chi connectivity index (χ3n) is 2.34. The fourth-order valence-electron chi connectivity index (χ4n) is 1.60. The SMILES string of the molecule is S=c1cc(OC2CCNCC2)cc[nH]1. The first-order chi connectivity index (χ1) is 6.84. The van der Waals surface area contributed by atoms with E-state index in [9.17, 15) is 0 Å². The van der Waals surface area contributed by atoms with E-state index in [0.29, 0.717) is 6.10 Å². The highest BCUT2D eigenvalue weighted by Crippen LogP contribution is 2.15. The lowest BCUT2D eigenvalue weighted by molar-refractivity contribution is 0.162. The predicted octanol–water partition coefficient (Wildman–Crippen LogP) is 1.87. The van der Waals surface area contributed by atoms with E-state index in [1.165, 1.54) is 0 Å². The van der Waals surface area contributed by atoms with Gasteiger partial charge in [0, 0.05) is 12.3 Å². The van der Waals surface area contributed by atoms with Crippen molar-refractivity contribution in [3.05, 3.63) is 23.0 Å². The van der Waals surface area contributed by atoms with Gasteiger partial charge < -0.3 is 15.0 Å². The minimum atomic E-state index is 0.341. The Balaban J connectivity index is 1.99. The molecule has 14 heavy (non-hydrogen) atoms. The molecule has 0 bridgehead atoms. The Kier molecular flexibility index (Phi) is 3.16. The smallest absolute Gasteiger partial charge is 0.124 e. The summed E-state index contributed by atoms with van der Waals surface area (Å²) in [6.07, 6.45) is 4.31. The maximum Gasteiger partial charge on any atom is 0.124 e. The second-order valence-electron chi connectivity index (χ2n) is 3.46. The molecule has 0 amide bonds. The Bertz CT molecular complexity index is 344. The van der Waals surface area contributed by atoms with Gasteiger partial charge in [-0.1, -0.05) is 12.2 Å². The molecule has 0 spiro atoms. The van der Waals surface area contributed by atoms with Gasteiger partial charge in [-0.15, -0.1) is 0 Å². The minimum absolute atomic E-state index is 0.341. The maximum atomic E-state index is 5.81. The van der Waals surface area contributed by atoms with Crippen molar-refractivity contribution in [2.24, 2.45) is 0 Å². The normalized spacial score (nSPS) is 18.0. The van der Waals surface area contributed by atoms with Gasteiger partial charge in [-0.25, -0.2) is 0 Å². The van der Waals surface area contributed by atoms with Gasteiger partial charge in [0.2, 0.25) is 0 Å². The van der Waals surface area contributed by atoms with Gasteiger partial charge in [-0.2, -0.15) is 0 Å². The summed E-state index contributed by atoms with van der Waals surface area (Å²) < 4.78 is 6.53. The van der Waals surface area contributed by atoms with Gasteiger partial charge in [0.05, 0.1) is 0 Å². The number of ether oxygens (including phenoxy) is 1. The van der Waals surface area contributed by atoms with E-state index in [1.807, 2.05) is 18.3 Å². The molecule has 0 aliphatic carbocycles. The number of aromatic nitrogens is 1. The summed E-state index contributed by atoms with van der Waals surface area (Å²) in [6, 6.07) is 3.77. The molecule has 1 aromatic rings. The van der Waals surface area contributed by atoms with Crippen molar-refractivity contribution in [3.8, 4) is 5.75 Å². The van der Waals surface area contributed by atoms with Gasteiger partial charge >= 0.3 is 0 Å². The molecule has 1 aliphatic heterocycles. The molecule has 0 radical (unpaired) electrons. The molecular formula is C10H14N2OS. The summed E-state index contributed by atoms with van der Waals surface area (Å²) in [5.41, 5.74) is 0. The molecule has 2 rings (SSSR count). The first-order valence-corrected chi connectivity index (χ1v) is 5.31. The van der Waals surface area contributed by atoms with Crippen molar-refractivity contribution >= 4 is 12.2 Å². The lowest BCUT2D eigenvalue weighted by Crippen LogP contribution is -2.34. The van der Waals surface area contributed by atoms with E-state index >= 15 is 0 Å². The molecule has 3 nitrogen and oxygen atoms in total. The van der Waals surface area contributed by atoms with E-state index in [1.54, 1.807) is 0 Å². The van der Waals surface area contributed by atoms with E-state index in [0.717, 1.165) is 36.3 Å². The number of nitrogens with one attached hydrogen (secondary N) is 2. The van der Waals surface area contributed by atoms with Crippen molar-refractivity contribution in [1.82, 2.24) is 10.3 Å². The van der Waals surface area contributed by atoms with Crippen LogP contribution in [-0.2, 0) is 0 Å². The van der Waals surface area contributed by atoms with Crippen LogP contribution in [0.5, 0.6) is 5.75 Å². The highest BCUT2D eigenvalue weighted by atomic mass is 32.1. The summed E-state index contributed by atoms with van der Waals surface area (Å²) in [5.74, 6) is 0.876. The third kappa shape index (κ3) is 2.56. The second-order valence-corrected chi connectivity index (χ2v) is 3.90. The summed E-state index contributed by atoms with van der Waals surface area (Å²) >= 11 is 5.02. The number of aromatic amines is 1. The predicted molar refractivity (Wildman–Crippen MR) is 58.1 cm³/mol. The summed E-state index contributed by atoms with van der Waals surface area (Å²) in [4.78, 5) is 2.93. The topological polar surface area (TPSA) is 37.0 Å². The van der Waals surface area contributed by atoms with Crippen LogP contribution >= 0.6 is 12.2 Å². The molecule has 0 atom stereocenters. The number of piperidine rings is 1. The molecule has 0 saturated carbocycles. The van der Waals surface area contributed by atoms with Crippen LogP contribution in [0.1, 0.15) is 12.8 Å². The molecule has 4 heteroatoms. The highest BCUT2D eigenvalue weighted by molar-refractivity contribution is 7.71. The van der Waals surface area contributed by atoms with Crippen LogP contribution in [0.4, 0.5) is 0 Å². The lowest BCUT2D eigenvalue weighted by Gasteiger charge is -2.23. The van der Waals surface area contributed by atoms with Crippen LogP contribution in [0, 0.1) is 4.64 Å². The van der Waals surface area contributed by atoms with Crippen LogP contribution in [0.15, 0.2) is 18.3 Å². The maximum absolute atomic E-state index is 5.81. The number of H-pyrrole nitrogens is 1. The number of pyridine rings is 1. The zero-order valence-electron chi connectivity index (χ0n) is 7.95. The summed E-state index contributed by atoms with van der Waals surface area (Å²) in [5, 5.41) is 3.31. The molecule has 76 valence electrons.